The largest absolute Gasteiger partial charge is 2.00 e. The molecule has 8 heavy (non-hydrogen) atoms. The quantitative estimate of drug-likeness (QED) is 0.311. The first-order valence-electron chi connectivity index (χ1n) is 0.783. The molecule has 4 nitrogen and oxygen atoms in total. The fourth-order valence-electron chi connectivity index (χ4n) is 0. The minimum atomic E-state index is -4.64. The monoisotopic (exact) mass is 339 g/mol. The number of hydrogen-bond acceptors (Lipinski definition) is 1. The average molecular weight is 339 g/mol. The topological polar surface area (TPSA) is 77.8 Å². The zero-order valence-corrected chi connectivity index (χ0v) is 12.6. The van der Waals surface area contributed by atoms with Crippen molar-refractivity contribution < 1.29 is 114 Å². The Morgan fingerprint density at radius 3 is 1.25 bits per heavy atom. The first kappa shape index (κ1) is 22.8. The molecule has 0 unspecified atom stereocenters. The number of hydrogen-bond donors (Lipinski definition) is 3. The summed E-state index contributed by atoms with van der Waals surface area (Å²) in [5, 5.41) is 0. The molecule has 0 saturated heterocycles. The van der Waals surface area contributed by atoms with Crippen molar-refractivity contribution in [2.45, 2.75) is 0 Å². The van der Waals surface area contributed by atoms with Crippen molar-refractivity contribution in [3.63, 3.8) is 0 Å². The van der Waals surface area contributed by atoms with Crippen LogP contribution < -0.4 is 51.4 Å². The van der Waals surface area contributed by atoms with E-state index in [-0.39, 0.29) is 132 Å². The van der Waals surface area contributed by atoms with Crippen LogP contribution in [-0.2, 0) is 4.57 Å². The molecule has 0 amide bonds. The van der Waals surface area contributed by atoms with E-state index in [9.17, 15) is 0 Å². The van der Waals surface area contributed by atoms with Gasteiger partial charge in [-0.2, -0.15) is 0 Å². The Morgan fingerprint density at radius 2 is 1.25 bits per heavy atom. The molecule has 8 heteroatoms. The zero-order chi connectivity index (χ0) is 4.50. The molecule has 0 aromatic rings. The van der Waals surface area contributed by atoms with Crippen LogP contribution in [0.5, 0.6) is 0 Å². The van der Waals surface area contributed by atoms with E-state index < -0.39 is 7.82 Å². The van der Waals surface area contributed by atoms with Gasteiger partial charge in [0, 0.05) is 38.6 Å². The molecule has 1 radical (unpaired) electrons. The molecule has 0 aliphatic rings. The molecular weight excluding hydrogens is 333 g/mol. The molecule has 0 bridgehead atoms. The van der Waals surface area contributed by atoms with Crippen LogP contribution in [0.1, 0.15) is 4.28 Å². The maximum Gasteiger partial charge on any atom is 2.00 e. The summed E-state index contributed by atoms with van der Waals surface area (Å²) in [7, 11) is -4.64. The zero-order valence-electron chi connectivity index (χ0n) is 7.24. The van der Waals surface area contributed by atoms with Crippen LogP contribution in [-0.4, -0.2) is 52.4 Å². The van der Waals surface area contributed by atoms with E-state index in [1.165, 1.54) is 0 Å². The van der Waals surface area contributed by atoms with Gasteiger partial charge in [0.2, 0.25) is 0 Å². The summed E-state index contributed by atoms with van der Waals surface area (Å²) in [5.74, 6) is 0. The molecule has 3 N–H and O–H groups in total. The molecule has 47 valence electrons. The molecule has 0 aliphatic heterocycles. The van der Waals surface area contributed by atoms with Crippen LogP contribution in [0.4, 0.5) is 0 Å². The minimum Gasteiger partial charge on any atom is -1.00 e. The van der Waals surface area contributed by atoms with Gasteiger partial charge in [0.05, 0.1) is 0 Å². The van der Waals surface area contributed by atoms with Gasteiger partial charge >= 0.3 is 96.9 Å². The van der Waals surface area contributed by atoms with E-state index in [0.717, 1.165) is 0 Å². The molecule has 0 spiro atoms. The van der Waals surface area contributed by atoms with E-state index in [4.69, 9.17) is 19.2 Å². The summed E-state index contributed by atoms with van der Waals surface area (Å²) >= 11 is 0. The van der Waals surface area contributed by atoms with E-state index in [2.05, 4.69) is 0 Å². The minimum absolute atomic E-state index is 0. The number of rotatable bonds is 0. The Balaban J connectivity index is -0.00000000533. The summed E-state index contributed by atoms with van der Waals surface area (Å²) in [6.45, 7) is 0. The van der Waals surface area contributed by atoms with Gasteiger partial charge in [0.1, 0.15) is 0 Å². The second-order valence-corrected chi connectivity index (χ2v) is 1.54. The third kappa shape index (κ3) is 48.2. The van der Waals surface area contributed by atoms with Gasteiger partial charge in [-0.15, -0.1) is 0 Å². The van der Waals surface area contributed by atoms with Crippen molar-refractivity contribution >= 4 is 45.6 Å². The Kier molecular flexibility index (Phi) is 32.2. The summed E-state index contributed by atoms with van der Waals surface area (Å²) in [6, 6.07) is 0. The predicted octanol–water partition coefficient (Wildman–Crippen LogP) is -3.97. The van der Waals surface area contributed by atoms with Gasteiger partial charge in [0.25, 0.3) is 0 Å². The van der Waals surface area contributed by atoms with Crippen LogP contribution in [0.25, 0.3) is 0 Å². The van der Waals surface area contributed by atoms with Crippen LogP contribution in [0.2, 0.25) is 0 Å². The second kappa shape index (κ2) is 11.3. The first-order valence-corrected chi connectivity index (χ1v) is 2.35. The van der Waals surface area contributed by atoms with Crippen molar-refractivity contribution in [3.8, 4) is 0 Å². The van der Waals surface area contributed by atoms with Crippen molar-refractivity contribution in [1.82, 2.24) is 0 Å². The molecule has 0 aliphatic carbocycles. The van der Waals surface area contributed by atoms with Crippen LogP contribution in [0.3, 0.4) is 0 Å². The molecule has 0 aromatic heterocycles. The summed E-state index contributed by atoms with van der Waals surface area (Å²) < 4.78 is 8.88. The molecule has 0 heterocycles. The summed E-state index contributed by atoms with van der Waals surface area (Å²) in [4.78, 5) is 21.6. The van der Waals surface area contributed by atoms with Gasteiger partial charge in [-0.1, -0.05) is 0 Å². The summed E-state index contributed by atoms with van der Waals surface area (Å²) in [6.07, 6.45) is 0. The van der Waals surface area contributed by atoms with Crippen molar-refractivity contribution in [1.29, 1.82) is 0 Å². The van der Waals surface area contributed by atoms with Crippen LogP contribution in [0.15, 0.2) is 0 Å². The normalized spacial score (nSPS) is 7.38. The Labute approximate surface area is 155 Å². The maximum absolute atomic E-state index is 8.88. The second-order valence-electron chi connectivity index (χ2n) is 0.513. The van der Waals surface area contributed by atoms with Crippen molar-refractivity contribution in [2.75, 3.05) is 0 Å². The fraction of sp³-hybridized carbons (Fsp3) is 0. The molecule has 0 aromatic carbocycles. The first-order chi connectivity index (χ1) is 2.00. The van der Waals surface area contributed by atoms with Gasteiger partial charge in [-0.25, -0.2) is 4.57 Å². The predicted molar refractivity (Wildman–Crippen MR) is 23.4 cm³/mol. The summed E-state index contributed by atoms with van der Waals surface area (Å²) in [5.41, 5.74) is 0. The average Bonchev–Trinajstić information content (AvgIpc) is 0.722. The smallest absolute Gasteiger partial charge is 1.00 e. The molecular formula is H6CaKO4PTb. The van der Waals surface area contributed by atoms with Gasteiger partial charge in [-0.05, 0) is 0 Å². The maximum atomic E-state index is 8.88. The van der Waals surface area contributed by atoms with Crippen molar-refractivity contribution in [3.05, 3.63) is 0 Å². The molecule has 0 fully saturated rings. The molecule has 0 saturated carbocycles. The third-order valence-electron chi connectivity index (χ3n) is 0. The molecule has 0 rings (SSSR count). The molecule has 0 atom stereocenters. The Bertz CT molecular complexity index is 71.5. The van der Waals surface area contributed by atoms with Gasteiger partial charge in [-0.3, -0.25) is 0 Å². The van der Waals surface area contributed by atoms with E-state index in [1.54, 1.807) is 0 Å². The van der Waals surface area contributed by atoms with E-state index >= 15 is 0 Å². The Morgan fingerprint density at radius 1 is 1.25 bits per heavy atom. The third-order valence-corrected chi connectivity index (χ3v) is 0. The Hall–Kier alpha value is 4.29. The van der Waals surface area contributed by atoms with E-state index in [0.29, 0.717) is 0 Å². The van der Waals surface area contributed by atoms with Crippen LogP contribution >= 0.6 is 7.82 Å². The van der Waals surface area contributed by atoms with Gasteiger partial charge < -0.3 is 19.0 Å². The number of phosphoric acid groups is 1. The fourth-order valence-corrected chi connectivity index (χ4v) is 0. The van der Waals surface area contributed by atoms with Crippen molar-refractivity contribution in [2.24, 2.45) is 0 Å². The van der Waals surface area contributed by atoms with Gasteiger partial charge in [0.15, 0.2) is 0 Å². The van der Waals surface area contributed by atoms with Crippen LogP contribution in [0, 0.1) is 38.6 Å². The SMILES string of the molecule is O=P(O)(O)O.[Ca+2].[H-].[H-].[H-].[K+].[Tb]. The standard InChI is InChI=1S/Ca.K.H3O4P.Tb.3H/c;;1-5(2,3)4;;;;/h;;(H3,1,2,3,4);;;;/q+2;+1;;;3*-1. The van der Waals surface area contributed by atoms with E-state index in [1.807, 2.05) is 0 Å².